The van der Waals surface area contributed by atoms with Crippen LogP contribution in [0.1, 0.15) is 46.6 Å². The molecule has 0 saturated carbocycles. The lowest BCUT2D eigenvalue weighted by atomic mass is 9.85. The molecule has 3 fully saturated rings. The fourth-order valence-electron chi connectivity index (χ4n) is 4.93. The van der Waals surface area contributed by atoms with E-state index in [1.807, 2.05) is 36.9 Å². The normalized spacial score (nSPS) is 33.5. The van der Waals surface area contributed by atoms with Crippen molar-refractivity contribution < 1.29 is 18.7 Å². The summed E-state index contributed by atoms with van der Waals surface area (Å²) in [7, 11) is -2.01. The van der Waals surface area contributed by atoms with Crippen LogP contribution < -0.4 is 0 Å². The molecule has 1 aromatic carbocycles. The maximum atomic E-state index is 13.5. The summed E-state index contributed by atoms with van der Waals surface area (Å²) in [5.74, 6) is -0.448. The lowest BCUT2D eigenvalue weighted by molar-refractivity contribution is -0.179. The minimum absolute atomic E-state index is 0.0233. The van der Waals surface area contributed by atoms with Crippen molar-refractivity contribution in [2.75, 3.05) is 6.54 Å². The van der Waals surface area contributed by atoms with Crippen LogP contribution in [0.3, 0.4) is 0 Å². The van der Waals surface area contributed by atoms with Gasteiger partial charge >= 0.3 is 0 Å². The maximum Gasteiger partial charge on any atom is 0.226 e. The number of amides is 1. The van der Waals surface area contributed by atoms with Crippen LogP contribution in [-0.4, -0.2) is 55.8 Å². The number of nitrogens with zero attached hydrogens (tertiary/aromatic N) is 1. The van der Waals surface area contributed by atoms with Gasteiger partial charge in [-0.25, -0.2) is 0 Å². The summed E-state index contributed by atoms with van der Waals surface area (Å²) in [5.41, 5.74) is 1.20. The van der Waals surface area contributed by atoms with Crippen molar-refractivity contribution in [1.82, 2.24) is 4.90 Å². The van der Waals surface area contributed by atoms with Crippen molar-refractivity contribution in [2.24, 2.45) is 5.92 Å². The molecule has 3 saturated heterocycles. The predicted octanol–water partition coefficient (Wildman–Crippen LogP) is 4.37. The van der Waals surface area contributed by atoms with Crippen molar-refractivity contribution in [1.29, 1.82) is 0 Å². The summed E-state index contributed by atoms with van der Waals surface area (Å²) in [6, 6.07) is 10.2. The zero-order chi connectivity index (χ0) is 21.9. The molecule has 0 aromatic heterocycles. The van der Waals surface area contributed by atoms with Gasteiger partial charge in [0, 0.05) is 5.92 Å². The average Bonchev–Trinajstić information content (AvgIpc) is 3.10. The zero-order valence-electron chi connectivity index (χ0n) is 19.5. The van der Waals surface area contributed by atoms with E-state index in [2.05, 4.69) is 46.0 Å². The highest BCUT2D eigenvalue weighted by atomic mass is 28.4. The van der Waals surface area contributed by atoms with Gasteiger partial charge in [-0.3, -0.25) is 4.79 Å². The highest BCUT2D eigenvalue weighted by Gasteiger charge is 2.60. The fraction of sp³-hybridized carbons (Fsp3) is 0.708. The quantitative estimate of drug-likeness (QED) is 0.664. The van der Waals surface area contributed by atoms with Crippen molar-refractivity contribution in [3.63, 3.8) is 0 Å². The van der Waals surface area contributed by atoms with Crippen molar-refractivity contribution in [3.8, 4) is 0 Å². The van der Waals surface area contributed by atoms with E-state index < -0.39 is 14.1 Å². The molecule has 4 rings (SSSR count). The SMILES string of the molecule is CC1(C)O[C@H]2[C@H]3[C@H](O[Si](C)(C)C(C)(C)C)C[C@@H](Cc4ccccc4)C(=O)N3C[C@H]2O1. The van der Waals surface area contributed by atoms with E-state index in [9.17, 15) is 4.79 Å². The van der Waals surface area contributed by atoms with E-state index in [1.165, 1.54) is 5.56 Å². The van der Waals surface area contributed by atoms with E-state index in [-0.39, 0.29) is 41.2 Å². The van der Waals surface area contributed by atoms with Gasteiger partial charge in [-0.1, -0.05) is 51.1 Å². The molecule has 30 heavy (non-hydrogen) atoms. The largest absolute Gasteiger partial charge is 0.412 e. The van der Waals surface area contributed by atoms with Gasteiger partial charge in [0.25, 0.3) is 0 Å². The molecule has 0 N–H and O–H groups in total. The van der Waals surface area contributed by atoms with Crippen LogP contribution in [0, 0.1) is 5.92 Å². The second-order valence-corrected chi connectivity index (χ2v) is 15.9. The lowest BCUT2D eigenvalue weighted by Crippen LogP contribution is -2.60. The van der Waals surface area contributed by atoms with E-state index in [4.69, 9.17) is 13.9 Å². The molecule has 1 aromatic rings. The number of fused-ring (bicyclic) bond motifs is 3. The Morgan fingerprint density at radius 1 is 1.17 bits per heavy atom. The highest BCUT2D eigenvalue weighted by Crippen LogP contribution is 2.46. The molecule has 3 aliphatic heterocycles. The zero-order valence-corrected chi connectivity index (χ0v) is 20.5. The van der Waals surface area contributed by atoms with E-state index in [1.54, 1.807) is 0 Å². The first kappa shape index (κ1) is 22.0. The van der Waals surface area contributed by atoms with Gasteiger partial charge in [0.1, 0.15) is 12.2 Å². The molecule has 3 aliphatic rings. The van der Waals surface area contributed by atoms with Gasteiger partial charge in [0.2, 0.25) is 5.91 Å². The van der Waals surface area contributed by atoms with Gasteiger partial charge in [-0.2, -0.15) is 0 Å². The third-order valence-electron chi connectivity index (χ3n) is 7.40. The molecule has 0 radical (unpaired) electrons. The van der Waals surface area contributed by atoms with Crippen LogP contribution >= 0.6 is 0 Å². The number of hydrogen-bond donors (Lipinski definition) is 0. The minimum Gasteiger partial charge on any atom is -0.412 e. The molecule has 5 nitrogen and oxygen atoms in total. The molecule has 0 aliphatic carbocycles. The average molecular weight is 432 g/mol. The van der Waals surface area contributed by atoms with Crippen LogP contribution in [0.4, 0.5) is 0 Å². The first-order valence-electron chi connectivity index (χ1n) is 11.3. The summed E-state index contributed by atoms with van der Waals surface area (Å²) in [6.07, 6.45) is 1.29. The lowest BCUT2D eigenvalue weighted by Gasteiger charge is -2.47. The Morgan fingerprint density at radius 3 is 2.47 bits per heavy atom. The number of carbonyl (C=O) groups excluding carboxylic acids is 1. The van der Waals surface area contributed by atoms with Crippen LogP contribution in [0.15, 0.2) is 30.3 Å². The molecule has 0 spiro atoms. The Labute approximate surface area is 182 Å². The van der Waals surface area contributed by atoms with Crippen molar-refractivity contribution >= 4 is 14.2 Å². The first-order valence-corrected chi connectivity index (χ1v) is 14.2. The Morgan fingerprint density at radius 2 is 1.83 bits per heavy atom. The molecule has 1 amide bonds. The summed E-state index contributed by atoms with van der Waals surface area (Å²) in [4.78, 5) is 15.5. The second-order valence-electron chi connectivity index (χ2n) is 11.2. The second kappa shape index (κ2) is 7.43. The standard InChI is InChI=1S/C24H37NO4Si/c1-23(2,3)30(6,7)29-18-14-17(13-16-11-9-8-10-12-16)22(26)25-15-19-21(20(18)25)28-24(4,5)27-19/h8-12,17-21H,13-15H2,1-7H3/t17-,18-,19-,20-,21-/m1/s1. The third-order valence-corrected chi connectivity index (χ3v) is 11.9. The minimum atomic E-state index is -2.01. The molecule has 3 heterocycles. The van der Waals surface area contributed by atoms with Crippen molar-refractivity contribution in [3.05, 3.63) is 35.9 Å². The monoisotopic (exact) mass is 431 g/mol. The van der Waals surface area contributed by atoms with Crippen LogP contribution in [0.5, 0.6) is 0 Å². The number of carbonyl (C=O) groups is 1. The topological polar surface area (TPSA) is 48.0 Å². The molecular formula is C24H37NO4Si. The van der Waals surface area contributed by atoms with Crippen molar-refractivity contribution in [2.45, 2.75) is 95.7 Å². The summed E-state index contributed by atoms with van der Waals surface area (Å²) < 4.78 is 19.4. The van der Waals surface area contributed by atoms with E-state index in [0.717, 1.165) is 12.8 Å². The Kier molecular flexibility index (Phi) is 5.45. The Balaban J connectivity index is 1.62. The summed E-state index contributed by atoms with van der Waals surface area (Å²) >= 11 is 0. The summed E-state index contributed by atoms with van der Waals surface area (Å²) in [5, 5.41) is 0.110. The highest BCUT2D eigenvalue weighted by molar-refractivity contribution is 6.74. The number of benzene rings is 1. The Bertz CT molecular complexity index is 788. The van der Waals surface area contributed by atoms with Crippen LogP contribution in [-0.2, 0) is 25.1 Å². The molecule has 5 atom stereocenters. The van der Waals surface area contributed by atoms with E-state index in [0.29, 0.717) is 6.54 Å². The smallest absolute Gasteiger partial charge is 0.226 e. The molecule has 6 heteroatoms. The maximum absolute atomic E-state index is 13.5. The fourth-order valence-corrected chi connectivity index (χ4v) is 6.28. The first-order chi connectivity index (χ1) is 13.9. The number of hydrogen-bond acceptors (Lipinski definition) is 4. The van der Waals surface area contributed by atoms with E-state index >= 15 is 0 Å². The molecule has 0 unspecified atom stereocenters. The number of piperidine rings is 1. The van der Waals surface area contributed by atoms with Gasteiger partial charge in [0.05, 0.1) is 18.7 Å². The van der Waals surface area contributed by atoms with Crippen LogP contribution in [0.2, 0.25) is 18.1 Å². The predicted molar refractivity (Wildman–Crippen MR) is 120 cm³/mol. The van der Waals surface area contributed by atoms with Gasteiger partial charge in [-0.05, 0) is 50.4 Å². The van der Waals surface area contributed by atoms with Gasteiger partial charge in [0.15, 0.2) is 14.1 Å². The third kappa shape index (κ3) is 3.99. The summed E-state index contributed by atoms with van der Waals surface area (Å²) in [6.45, 7) is 15.9. The number of ether oxygens (including phenoxy) is 2. The molecular weight excluding hydrogens is 394 g/mol. The number of rotatable bonds is 4. The van der Waals surface area contributed by atoms with Gasteiger partial charge in [-0.15, -0.1) is 0 Å². The molecule has 166 valence electrons. The molecule has 0 bridgehead atoms. The van der Waals surface area contributed by atoms with Gasteiger partial charge < -0.3 is 18.8 Å². The van der Waals surface area contributed by atoms with Crippen LogP contribution in [0.25, 0.3) is 0 Å². The Hall–Kier alpha value is -1.21.